The van der Waals surface area contributed by atoms with Crippen LogP contribution in [0.25, 0.3) is 0 Å². The largest absolute Gasteiger partial charge is 0.465 e. The Morgan fingerprint density at radius 3 is 2.59 bits per heavy atom. The summed E-state index contributed by atoms with van der Waals surface area (Å²) in [6.07, 6.45) is 0.891. The Hall–Kier alpha value is -0.650. The van der Waals surface area contributed by atoms with E-state index in [9.17, 15) is 4.79 Å². The minimum atomic E-state index is -0.396. The van der Waals surface area contributed by atoms with Crippen molar-refractivity contribution >= 4 is 5.97 Å². The van der Waals surface area contributed by atoms with Crippen LogP contribution in [0.1, 0.15) is 13.3 Å². The van der Waals surface area contributed by atoms with E-state index >= 15 is 0 Å². The van der Waals surface area contributed by atoms with Crippen LogP contribution >= 0.6 is 0 Å². The molecule has 0 aliphatic carbocycles. The predicted octanol–water partition coefficient (Wildman–Crippen LogP) is -0.471. The topological polar surface area (TPSA) is 44.8 Å². The van der Waals surface area contributed by atoms with Crippen LogP contribution in [-0.4, -0.2) is 74.2 Å². The Kier molecular flexibility index (Phi) is 4.01. The van der Waals surface area contributed by atoms with Crippen LogP contribution in [0.2, 0.25) is 0 Å². The van der Waals surface area contributed by atoms with Crippen molar-refractivity contribution in [1.82, 2.24) is 15.1 Å². The lowest BCUT2D eigenvalue weighted by Gasteiger charge is -2.41. The van der Waals surface area contributed by atoms with Crippen molar-refractivity contribution in [2.45, 2.75) is 18.9 Å². The highest BCUT2D eigenvalue weighted by molar-refractivity contribution is 5.81. The molecule has 0 amide bonds. The van der Waals surface area contributed by atoms with Crippen LogP contribution in [0.5, 0.6) is 0 Å². The lowest BCUT2D eigenvalue weighted by atomic mass is 9.95. The van der Waals surface area contributed by atoms with Gasteiger partial charge in [-0.2, -0.15) is 0 Å². The smallest absolute Gasteiger partial charge is 0.327 e. The van der Waals surface area contributed by atoms with Crippen LogP contribution in [-0.2, 0) is 9.53 Å². The number of nitrogens with one attached hydrogen (secondary N) is 1. The molecule has 0 aromatic heterocycles. The molecule has 1 atom stereocenters. The summed E-state index contributed by atoms with van der Waals surface area (Å²) >= 11 is 0. The van der Waals surface area contributed by atoms with E-state index in [2.05, 4.69) is 22.2 Å². The molecule has 2 rings (SSSR count). The van der Waals surface area contributed by atoms with E-state index < -0.39 is 5.54 Å². The van der Waals surface area contributed by atoms with Gasteiger partial charge in [0.1, 0.15) is 5.54 Å². The first-order valence-electron chi connectivity index (χ1n) is 6.50. The summed E-state index contributed by atoms with van der Waals surface area (Å²) in [5.41, 5.74) is -0.396. The molecule has 0 radical (unpaired) electrons. The van der Waals surface area contributed by atoms with E-state index in [1.165, 1.54) is 0 Å². The Balaban J connectivity index is 2.14. The first-order chi connectivity index (χ1) is 8.19. The summed E-state index contributed by atoms with van der Waals surface area (Å²) in [4.78, 5) is 16.8. The number of hydrogen-bond acceptors (Lipinski definition) is 5. The molecule has 1 N–H and O–H groups in total. The molecule has 0 bridgehead atoms. The molecule has 0 spiro atoms. The third kappa shape index (κ3) is 2.46. The average molecular weight is 241 g/mol. The van der Waals surface area contributed by atoms with E-state index in [0.29, 0.717) is 6.61 Å². The molecule has 0 aromatic carbocycles. The van der Waals surface area contributed by atoms with E-state index in [4.69, 9.17) is 4.74 Å². The highest BCUT2D eigenvalue weighted by atomic mass is 16.5. The second-order valence-corrected chi connectivity index (χ2v) is 4.98. The maximum absolute atomic E-state index is 12.3. The Morgan fingerprint density at radius 2 is 2.06 bits per heavy atom. The fraction of sp³-hybridized carbons (Fsp3) is 0.917. The van der Waals surface area contributed by atoms with Crippen LogP contribution in [0.3, 0.4) is 0 Å². The molecule has 2 fully saturated rings. The number of hydrogen-bond donors (Lipinski definition) is 1. The van der Waals surface area contributed by atoms with E-state index in [1.807, 2.05) is 6.92 Å². The van der Waals surface area contributed by atoms with Gasteiger partial charge in [-0.25, -0.2) is 4.79 Å². The molecule has 17 heavy (non-hydrogen) atoms. The van der Waals surface area contributed by atoms with Crippen LogP contribution in [0, 0.1) is 0 Å². The van der Waals surface area contributed by atoms with Gasteiger partial charge >= 0.3 is 5.97 Å². The van der Waals surface area contributed by atoms with Crippen molar-refractivity contribution in [3.63, 3.8) is 0 Å². The summed E-state index contributed by atoms with van der Waals surface area (Å²) in [7, 11) is 2.07. The number of carbonyl (C=O) groups excluding carboxylic acids is 1. The molecular formula is C12H23N3O2. The van der Waals surface area contributed by atoms with Gasteiger partial charge in [0.2, 0.25) is 0 Å². The van der Waals surface area contributed by atoms with Gasteiger partial charge in [0.15, 0.2) is 0 Å². The second kappa shape index (κ2) is 5.33. The van der Waals surface area contributed by atoms with Gasteiger partial charge in [0.05, 0.1) is 6.61 Å². The number of ether oxygens (including phenoxy) is 1. The van der Waals surface area contributed by atoms with E-state index in [-0.39, 0.29) is 5.97 Å². The predicted molar refractivity (Wildman–Crippen MR) is 65.9 cm³/mol. The van der Waals surface area contributed by atoms with Gasteiger partial charge in [0, 0.05) is 39.3 Å². The van der Waals surface area contributed by atoms with Gasteiger partial charge in [-0.05, 0) is 20.4 Å². The summed E-state index contributed by atoms with van der Waals surface area (Å²) in [5, 5.41) is 3.33. The minimum absolute atomic E-state index is 0.0359. The van der Waals surface area contributed by atoms with Gasteiger partial charge in [-0.1, -0.05) is 0 Å². The van der Waals surface area contributed by atoms with Crippen LogP contribution < -0.4 is 5.32 Å². The highest BCUT2D eigenvalue weighted by Gasteiger charge is 2.49. The van der Waals surface area contributed by atoms with Crippen LogP contribution in [0.4, 0.5) is 0 Å². The van der Waals surface area contributed by atoms with Gasteiger partial charge in [0.25, 0.3) is 0 Å². The van der Waals surface area contributed by atoms with Crippen molar-refractivity contribution < 1.29 is 9.53 Å². The molecule has 2 heterocycles. The first kappa shape index (κ1) is 12.8. The first-order valence-corrected chi connectivity index (χ1v) is 6.50. The number of carbonyl (C=O) groups is 1. The Bertz CT molecular complexity index is 279. The quantitative estimate of drug-likeness (QED) is 0.677. The molecule has 1 unspecified atom stereocenters. The second-order valence-electron chi connectivity index (χ2n) is 4.98. The molecule has 0 saturated carbocycles. The molecule has 5 nitrogen and oxygen atoms in total. The molecule has 0 aromatic rings. The van der Waals surface area contributed by atoms with E-state index in [0.717, 1.165) is 45.7 Å². The standard InChI is InChI=1S/C12H23N3O2/c1-3-17-11(16)12(4-7-14(2)10-12)15-8-5-13-6-9-15/h13H,3-10H2,1-2H3. The molecule has 5 heteroatoms. The zero-order valence-electron chi connectivity index (χ0n) is 10.9. The summed E-state index contributed by atoms with van der Waals surface area (Å²) in [5.74, 6) is -0.0359. The van der Waals surface area contributed by atoms with Crippen molar-refractivity contribution in [2.24, 2.45) is 0 Å². The highest BCUT2D eigenvalue weighted by Crippen LogP contribution is 2.29. The lowest BCUT2D eigenvalue weighted by Crippen LogP contribution is -2.61. The monoisotopic (exact) mass is 241 g/mol. The van der Waals surface area contributed by atoms with Gasteiger partial charge < -0.3 is 15.0 Å². The number of likely N-dealkylation sites (tertiary alicyclic amines) is 1. The zero-order valence-corrected chi connectivity index (χ0v) is 10.9. The third-order valence-electron chi connectivity index (χ3n) is 3.82. The number of likely N-dealkylation sites (N-methyl/N-ethyl adjacent to an activating group) is 1. The van der Waals surface area contributed by atoms with Crippen LogP contribution in [0.15, 0.2) is 0 Å². The maximum Gasteiger partial charge on any atom is 0.327 e. The minimum Gasteiger partial charge on any atom is -0.465 e. The normalized spacial score (nSPS) is 31.6. The number of piperazine rings is 1. The lowest BCUT2D eigenvalue weighted by molar-refractivity contribution is -0.157. The third-order valence-corrected chi connectivity index (χ3v) is 3.82. The molecule has 2 saturated heterocycles. The summed E-state index contributed by atoms with van der Waals surface area (Å²) < 4.78 is 5.30. The SMILES string of the molecule is CCOC(=O)C1(N2CCNCC2)CCN(C)C1. The molecule has 98 valence electrons. The number of rotatable bonds is 3. The Labute approximate surface area is 103 Å². The fourth-order valence-electron chi connectivity index (χ4n) is 2.89. The fourth-order valence-corrected chi connectivity index (χ4v) is 2.89. The van der Waals surface area contributed by atoms with E-state index in [1.54, 1.807) is 0 Å². The number of nitrogens with zero attached hydrogens (tertiary/aromatic N) is 2. The molecule has 2 aliphatic rings. The molecular weight excluding hydrogens is 218 g/mol. The van der Waals surface area contributed by atoms with Crippen molar-refractivity contribution in [3.8, 4) is 0 Å². The van der Waals surface area contributed by atoms with Crippen molar-refractivity contribution in [2.75, 3.05) is 52.9 Å². The van der Waals surface area contributed by atoms with Gasteiger partial charge in [-0.15, -0.1) is 0 Å². The van der Waals surface area contributed by atoms with Crippen molar-refractivity contribution in [1.29, 1.82) is 0 Å². The van der Waals surface area contributed by atoms with Gasteiger partial charge in [-0.3, -0.25) is 4.90 Å². The maximum atomic E-state index is 12.3. The molecule has 2 aliphatic heterocycles. The summed E-state index contributed by atoms with van der Waals surface area (Å²) in [6.45, 7) is 7.92. The summed E-state index contributed by atoms with van der Waals surface area (Å²) in [6, 6.07) is 0. The average Bonchev–Trinajstić information content (AvgIpc) is 2.74. The Morgan fingerprint density at radius 1 is 1.35 bits per heavy atom. The number of esters is 1. The zero-order chi connectivity index (χ0) is 12.3. The van der Waals surface area contributed by atoms with Crippen molar-refractivity contribution in [3.05, 3.63) is 0 Å².